The number of aliphatic imine (C=N–C) groups is 1. The van der Waals surface area contributed by atoms with Crippen molar-refractivity contribution in [3.8, 4) is 5.75 Å². The molecule has 1 aliphatic heterocycles. The van der Waals surface area contributed by atoms with Crippen molar-refractivity contribution in [3.05, 3.63) is 93.0 Å². The number of hydrogen-bond acceptors (Lipinski definition) is 4. The van der Waals surface area contributed by atoms with E-state index in [0.29, 0.717) is 17.9 Å². The predicted octanol–water partition coefficient (Wildman–Crippen LogP) is 8.72. The molecular formula is C35H41Cl2F2N3O2. The molecule has 1 heterocycles. The van der Waals surface area contributed by atoms with Gasteiger partial charge in [-0.25, -0.2) is 8.78 Å². The fourth-order valence-corrected chi connectivity index (χ4v) is 6.79. The van der Waals surface area contributed by atoms with Gasteiger partial charge in [-0.3, -0.25) is 9.79 Å². The molecule has 0 radical (unpaired) electrons. The third kappa shape index (κ3) is 6.65. The summed E-state index contributed by atoms with van der Waals surface area (Å²) in [6.07, 6.45) is 0.511. The molecule has 2 N–H and O–H groups in total. The standard InChI is InChI=1S/C35H41Cl2F2N3O2/c1-33(2,3)18-28-35(19-40-7,23-14-13-21(36)17-25(23)38)29(22-10-9-11-24(37)30(22)39)31(42-28)32(43)41-26-15-12-20(34(4,5)6)16-27(26)44-8/h9-17,28-29,31,42H,7,18-19H2,1-6,8H3,(H,41,43)/t28-,29-,31+,35-/m0/s1. The smallest absolute Gasteiger partial charge is 0.242 e. The second kappa shape index (κ2) is 12.8. The molecule has 0 aromatic heterocycles. The van der Waals surface area contributed by atoms with Gasteiger partial charge in [0.05, 0.1) is 30.4 Å². The zero-order valence-electron chi connectivity index (χ0n) is 26.3. The Morgan fingerprint density at radius 1 is 1.07 bits per heavy atom. The molecule has 9 heteroatoms. The highest BCUT2D eigenvalue weighted by Gasteiger charge is 2.60. The number of nitrogens with zero attached hydrogens (tertiary/aromatic N) is 1. The number of rotatable bonds is 8. The van der Waals surface area contributed by atoms with Gasteiger partial charge in [-0.15, -0.1) is 0 Å². The number of hydrogen-bond donors (Lipinski definition) is 2. The van der Waals surface area contributed by atoms with Gasteiger partial charge in [0.15, 0.2) is 0 Å². The zero-order valence-corrected chi connectivity index (χ0v) is 27.8. The molecule has 1 amide bonds. The molecule has 3 aromatic rings. The molecule has 236 valence electrons. The first-order valence-corrected chi connectivity index (χ1v) is 15.4. The molecule has 1 saturated heterocycles. The monoisotopic (exact) mass is 643 g/mol. The van der Waals surface area contributed by atoms with Crippen LogP contribution in [0.15, 0.2) is 59.6 Å². The highest BCUT2D eigenvalue weighted by atomic mass is 35.5. The minimum absolute atomic E-state index is 0.00327. The van der Waals surface area contributed by atoms with Gasteiger partial charge in [0, 0.05) is 22.4 Å². The number of ether oxygens (including phenoxy) is 1. The first-order valence-electron chi connectivity index (χ1n) is 14.6. The van der Waals surface area contributed by atoms with Crippen molar-refractivity contribution >= 4 is 41.5 Å². The number of anilines is 1. The van der Waals surface area contributed by atoms with Crippen LogP contribution in [0.1, 0.15) is 70.6 Å². The lowest BCUT2D eigenvalue weighted by Gasteiger charge is -2.42. The van der Waals surface area contributed by atoms with Crippen LogP contribution in [0.3, 0.4) is 0 Å². The van der Waals surface area contributed by atoms with E-state index in [1.807, 2.05) is 12.1 Å². The van der Waals surface area contributed by atoms with Crippen molar-refractivity contribution in [1.82, 2.24) is 5.32 Å². The first-order chi connectivity index (χ1) is 20.5. The average molecular weight is 645 g/mol. The molecule has 0 bridgehead atoms. The lowest BCUT2D eigenvalue weighted by molar-refractivity contribution is -0.118. The molecule has 4 rings (SSSR count). The van der Waals surface area contributed by atoms with Crippen molar-refractivity contribution in [2.45, 2.75) is 76.8 Å². The summed E-state index contributed by atoms with van der Waals surface area (Å²) in [7, 11) is 1.54. The Labute approximate surface area is 269 Å². The Balaban J connectivity index is 1.96. The highest BCUT2D eigenvalue weighted by Crippen LogP contribution is 2.53. The van der Waals surface area contributed by atoms with E-state index in [0.717, 1.165) is 5.56 Å². The predicted molar refractivity (Wildman–Crippen MR) is 177 cm³/mol. The molecule has 0 aliphatic carbocycles. The van der Waals surface area contributed by atoms with Crippen molar-refractivity contribution < 1.29 is 18.3 Å². The molecule has 0 unspecified atom stereocenters. The first kappa shape index (κ1) is 33.9. The number of carbonyl (C=O) groups is 1. The molecule has 1 aliphatic rings. The fourth-order valence-electron chi connectivity index (χ4n) is 6.45. The zero-order chi connectivity index (χ0) is 32.6. The molecule has 5 nitrogen and oxygen atoms in total. The van der Waals surface area contributed by atoms with Crippen LogP contribution < -0.4 is 15.4 Å². The van der Waals surface area contributed by atoms with Crippen LogP contribution in [0.2, 0.25) is 10.0 Å². The van der Waals surface area contributed by atoms with E-state index in [9.17, 15) is 4.79 Å². The maximum atomic E-state index is 16.0. The van der Waals surface area contributed by atoms with Gasteiger partial charge in [-0.2, -0.15) is 0 Å². The van der Waals surface area contributed by atoms with Gasteiger partial charge in [0.1, 0.15) is 17.4 Å². The van der Waals surface area contributed by atoms with Crippen molar-refractivity contribution in [2.24, 2.45) is 10.4 Å². The Bertz CT molecular complexity index is 1550. The molecule has 0 spiro atoms. The molecule has 4 atom stereocenters. The van der Waals surface area contributed by atoms with Gasteiger partial charge >= 0.3 is 0 Å². The number of amides is 1. The third-order valence-corrected chi connectivity index (χ3v) is 8.96. The maximum absolute atomic E-state index is 16.0. The van der Waals surface area contributed by atoms with Gasteiger partial charge < -0.3 is 15.4 Å². The Morgan fingerprint density at radius 2 is 1.77 bits per heavy atom. The summed E-state index contributed by atoms with van der Waals surface area (Å²) in [4.78, 5) is 18.7. The number of methoxy groups -OCH3 is 1. The topological polar surface area (TPSA) is 62.7 Å². The molecule has 44 heavy (non-hydrogen) atoms. The highest BCUT2D eigenvalue weighted by molar-refractivity contribution is 6.31. The normalized spacial score (nSPS) is 22.1. The second-order valence-electron chi connectivity index (χ2n) is 13.8. The summed E-state index contributed by atoms with van der Waals surface area (Å²) in [5, 5.41) is 6.63. The number of benzene rings is 3. The summed E-state index contributed by atoms with van der Waals surface area (Å²) < 4.78 is 37.7. The summed E-state index contributed by atoms with van der Waals surface area (Å²) in [6.45, 7) is 16.2. The number of carbonyl (C=O) groups excluding carboxylic acids is 1. The van der Waals surface area contributed by atoms with Gasteiger partial charge in [0.2, 0.25) is 5.91 Å². The van der Waals surface area contributed by atoms with E-state index >= 15 is 8.78 Å². The SMILES string of the molecule is C=NC[C@]1(c2ccc(Cl)cc2F)[C@H](CC(C)(C)C)N[C@@H](C(=O)Nc2ccc(C(C)(C)C)cc2OC)[C@@H]1c1cccc(Cl)c1F. The summed E-state index contributed by atoms with van der Waals surface area (Å²) >= 11 is 12.5. The summed E-state index contributed by atoms with van der Waals surface area (Å²) in [5.74, 6) is -2.13. The van der Waals surface area contributed by atoms with E-state index in [1.54, 1.807) is 37.4 Å². The summed E-state index contributed by atoms with van der Waals surface area (Å²) in [5.41, 5.74) is 0.293. The van der Waals surface area contributed by atoms with Gasteiger partial charge in [0.25, 0.3) is 0 Å². The van der Waals surface area contributed by atoms with E-state index in [4.69, 9.17) is 27.9 Å². The Morgan fingerprint density at radius 3 is 2.36 bits per heavy atom. The molecule has 1 fully saturated rings. The van der Waals surface area contributed by atoms with Crippen LogP contribution in [0.4, 0.5) is 14.5 Å². The van der Waals surface area contributed by atoms with E-state index < -0.39 is 41.0 Å². The molecule has 0 saturated carbocycles. The van der Waals surface area contributed by atoms with E-state index in [-0.39, 0.29) is 38.5 Å². The maximum Gasteiger partial charge on any atom is 0.242 e. The minimum Gasteiger partial charge on any atom is -0.495 e. The lowest BCUT2D eigenvalue weighted by Crippen LogP contribution is -2.48. The van der Waals surface area contributed by atoms with E-state index in [1.165, 1.54) is 12.1 Å². The number of nitrogens with one attached hydrogen (secondary N) is 2. The van der Waals surface area contributed by atoms with Crippen LogP contribution in [0, 0.1) is 17.0 Å². The van der Waals surface area contributed by atoms with E-state index in [2.05, 4.69) is 63.9 Å². The molecular weight excluding hydrogens is 603 g/mol. The van der Waals surface area contributed by atoms with Gasteiger partial charge in [-0.05, 0) is 71.0 Å². The molecule has 3 aromatic carbocycles. The van der Waals surface area contributed by atoms with Crippen molar-refractivity contribution in [3.63, 3.8) is 0 Å². The van der Waals surface area contributed by atoms with Crippen LogP contribution in [0.25, 0.3) is 0 Å². The average Bonchev–Trinajstić information content (AvgIpc) is 3.22. The summed E-state index contributed by atoms with van der Waals surface area (Å²) in [6, 6.07) is 13.2. The second-order valence-corrected chi connectivity index (χ2v) is 14.6. The lowest BCUT2D eigenvalue weighted by atomic mass is 9.61. The van der Waals surface area contributed by atoms with Crippen LogP contribution >= 0.6 is 23.2 Å². The van der Waals surface area contributed by atoms with Crippen molar-refractivity contribution in [2.75, 3.05) is 19.0 Å². The van der Waals surface area contributed by atoms with Crippen LogP contribution in [0.5, 0.6) is 5.75 Å². The quantitative estimate of drug-likeness (QED) is 0.241. The van der Waals surface area contributed by atoms with Crippen LogP contribution in [-0.2, 0) is 15.6 Å². The number of halogens is 4. The fraction of sp³-hybridized carbons (Fsp3) is 0.429. The Hall–Kier alpha value is -3.00. The minimum atomic E-state index is -1.24. The third-order valence-electron chi connectivity index (χ3n) is 8.44. The van der Waals surface area contributed by atoms with Gasteiger partial charge in [-0.1, -0.05) is 89.0 Å². The van der Waals surface area contributed by atoms with Crippen molar-refractivity contribution in [1.29, 1.82) is 0 Å². The Kier molecular flexibility index (Phi) is 9.84. The van der Waals surface area contributed by atoms with Crippen LogP contribution in [-0.4, -0.2) is 38.4 Å². The largest absolute Gasteiger partial charge is 0.495 e.